The van der Waals surface area contributed by atoms with Crippen LogP contribution in [-0.4, -0.2) is 78.6 Å². The number of anilines is 2. The average molecular weight is 596 g/mol. The Morgan fingerprint density at radius 2 is 1.98 bits per heavy atom. The molecule has 1 aliphatic heterocycles. The molecular formula is C25H28F3N7O5S. The second kappa shape index (κ2) is 12.0. The first-order valence-corrected chi connectivity index (χ1v) is 13.7. The molecule has 2 aliphatic rings. The van der Waals surface area contributed by atoms with Gasteiger partial charge in [-0.1, -0.05) is 30.9 Å². The van der Waals surface area contributed by atoms with E-state index in [1.165, 1.54) is 31.4 Å². The summed E-state index contributed by atoms with van der Waals surface area (Å²) in [6.07, 6.45) is 3.77. The number of nitrogens with two attached hydrogens (primary N) is 1. The maximum Gasteiger partial charge on any atom is 0.423 e. The maximum atomic E-state index is 13.8. The fraction of sp³-hybridized carbons (Fsp3) is 0.320. The number of piperazine rings is 1. The number of nitrogens with zero attached hydrogens (tertiary/aromatic N) is 4. The Morgan fingerprint density at radius 1 is 1.24 bits per heavy atom. The number of nitrogens with one attached hydrogen (secondary N) is 2. The summed E-state index contributed by atoms with van der Waals surface area (Å²) >= 11 is 0. The van der Waals surface area contributed by atoms with Gasteiger partial charge in [-0.2, -0.15) is 30.9 Å². The largest absolute Gasteiger partial charge is 0.438 e. The highest BCUT2D eigenvalue weighted by molar-refractivity contribution is 7.86. The van der Waals surface area contributed by atoms with Crippen LogP contribution in [0.2, 0.25) is 0 Å². The van der Waals surface area contributed by atoms with Gasteiger partial charge in [0.1, 0.15) is 11.3 Å². The first-order chi connectivity index (χ1) is 19.4. The molecule has 41 heavy (non-hydrogen) atoms. The van der Waals surface area contributed by atoms with Gasteiger partial charge < -0.3 is 20.1 Å². The molecule has 0 bridgehead atoms. The highest BCUT2D eigenvalue weighted by Crippen LogP contribution is 2.38. The van der Waals surface area contributed by atoms with Gasteiger partial charge in [-0.3, -0.25) is 9.69 Å². The maximum absolute atomic E-state index is 13.8. The predicted molar refractivity (Wildman–Crippen MR) is 144 cm³/mol. The SMILES string of the molecule is C=CC(=O)Nc1cccc(Oc2nc(NC3C=CC=CC3(OC)N3CCN(S(N)(=O)=O)CC3)ncc2C(F)(F)F)c1. The molecule has 12 nitrogen and oxygen atoms in total. The summed E-state index contributed by atoms with van der Waals surface area (Å²) in [6, 6.07) is 5.07. The van der Waals surface area contributed by atoms with Crippen molar-refractivity contribution in [1.82, 2.24) is 19.2 Å². The van der Waals surface area contributed by atoms with Crippen molar-refractivity contribution in [2.24, 2.45) is 5.14 Å². The molecule has 2 atom stereocenters. The molecule has 1 amide bonds. The number of hydrogen-bond acceptors (Lipinski definition) is 9. The Morgan fingerprint density at radius 3 is 2.61 bits per heavy atom. The minimum Gasteiger partial charge on any atom is -0.438 e. The number of carbonyl (C=O) groups excluding carboxylic acids is 1. The molecule has 1 saturated heterocycles. The monoisotopic (exact) mass is 595 g/mol. The molecule has 1 fully saturated rings. The van der Waals surface area contributed by atoms with Gasteiger partial charge in [0.05, 0.1) is 6.04 Å². The molecule has 1 aromatic heterocycles. The van der Waals surface area contributed by atoms with Crippen molar-refractivity contribution in [2.75, 3.05) is 43.9 Å². The number of ether oxygens (including phenoxy) is 2. The van der Waals surface area contributed by atoms with Crippen molar-refractivity contribution in [2.45, 2.75) is 17.9 Å². The number of methoxy groups -OCH3 is 1. The third-order valence-electron chi connectivity index (χ3n) is 6.46. The summed E-state index contributed by atoms with van der Waals surface area (Å²) in [5.74, 6) is -1.46. The van der Waals surface area contributed by atoms with Crippen molar-refractivity contribution in [3.63, 3.8) is 0 Å². The number of amides is 1. The number of allylic oxidation sites excluding steroid dienone is 2. The van der Waals surface area contributed by atoms with E-state index in [4.69, 9.17) is 14.6 Å². The Hall–Kier alpha value is -3.83. The summed E-state index contributed by atoms with van der Waals surface area (Å²) in [7, 11) is -2.40. The Balaban J connectivity index is 1.61. The Bertz CT molecular complexity index is 1460. The number of hydrogen-bond donors (Lipinski definition) is 3. The van der Waals surface area contributed by atoms with Crippen molar-refractivity contribution < 1.29 is 35.9 Å². The lowest BCUT2D eigenvalue weighted by Gasteiger charge is -2.48. The molecule has 2 aromatic rings. The minimum absolute atomic E-state index is 0.0125. The predicted octanol–water partition coefficient (Wildman–Crippen LogP) is 2.48. The van der Waals surface area contributed by atoms with Crippen LogP contribution in [0.3, 0.4) is 0 Å². The first-order valence-electron chi connectivity index (χ1n) is 12.2. The molecule has 2 heterocycles. The van der Waals surface area contributed by atoms with Crippen LogP contribution in [0.25, 0.3) is 0 Å². The van der Waals surface area contributed by atoms with Crippen molar-refractivity contribution in [1.29, 1.82) is 0 Å². The molecule has 2 unspecified atom stereocenters. The number of aromatic nitrogens is 2. The highest BCUT2D eigenvalue weighted by Gasteiger charge is 2.45. The fourth-order valence-electron chi connectivity index (χ4n) is 4.47. The van der Waals surface area contributed by atoms with Crippen molar-refractivity contribution >= 4 is 27.8 Å². The smallest absolute Gasteiger partial charge is 0.423 e. The van der Waals surface area contributed by atoms with E-state index < -0.39 is 45.5 Å². The zero-order valence-corrected chi connectivity index (χ0v) is 22.7. The molecule has 4 N–H and O–H groups in total. The fourth-order valence-corrected chi connectivity index (χ4v) is 5.14. The van der Waals surface area contributed by atoms with Gasteiger partial charge in [0.2, 0.25) is 17.7 Å². The molecule has 0 spiro atoms. The van der Waals surface area contributed by atoms with Gasteiger partial charge in [0, 0.05) is 51.2 Å². The van der Waals surface area contributed by atoms with Gasteiger partial charge >= 0.3 is 6.18 Å². The second-order valence-corrected chi connectivity index (χ2v) is 10.5. The average Bonchev–Trinajstić information content (AvgIpc) is 2.92. The topological polar surface area (TPSA) is 152 Å². The number of halogens is 3. The van der Waals surface area contributed by atoms with Crippen LogP contribution in [0.15, 0.2) is 67.4 Å². The van der Waals surface area contributed by atoms with Gasteiger partial charge in [-0.25, -0.2) is 10.1 Å². The molecule has 1 aromatic carbocycles. The summed E-state index contributed by atoms with van der Waals surface area (Å²) in [5.41, 5.74) is -2.08. The standard InChI is InChI=1S/C25H28F3N7O5S/c1-3-21(36)31-17-7-6-8-18(15-17)40-22-19(25(26,27)28)16-30-23(33-22)32-20-9-4-5-10-24(20,39-2)34-11-13-35(14-12-34)41(29,37)38/h3-10,15-16,20H,1,11-14H2,2H3,(H,31,36)(H2,29,37,38)(H,30,32,33). The molecule has 0 saturated carbocycles. The van der Waals surface area contributed by atoms with E-state index >= 15 is 0 Å². The normalized spacial score (nSPS) is 21.8. The van der Waals surface area contributed by atoms with E-state index in [1.54, 1.807) is 24.3 Å². The zero-order valence-electron chi connectivity index (χ0n) is 21.8. The van der Waals surface area contributed by atoms with Gasteiger partial charge in [0.25, 0.3) is 10.2 Å². The number of benzene rings is 1. The van der Waals surface area contributed by atoms with E-state index in [-0.39, 0.29) is 43.6 Å². The number of alkyl halides is 3. The van der Waals surface area contributed by atoms with Crippen LogP contribution < -0.4 is 20.5 Å². The number of rotatable bonds is 9. The summed E-state index contributed by atoms with van der Waals surface area (Å²) < 4.78 is 77.5. The minimum atomic E-state index is -4.82. The first kappa shape index (κ1) is 30.1. The molecule has 220 valence electrons. The van der Waals surface area contributed by atoms with Crippen LogP contribution in [0.5, 0.6) is 11.6 Å². The quantitative estimate of drug-likeness (QED) is 0.371. The lowest BCUT2D eigenvalue weighted by atomic mass is 9.95. The van der Waals surface area contributed by atoms with E-state index in [2.05, 4.69) is 27.2 Å². The summed E-state index contributed by atoms with van der Waals surface area (Å²) in [6.45, 7) is 4.13. The zero-order chi connectivity index (χ0) is 29.8. The Labute approximate surface area is 234 Å². The highest BCUT2D eigenvalue weighted by atomic mass is 32.2. The van der Waals surface area contributed by atoms with E-state index in [1.807, 2.05) is 4.90 Å². The molecule has 1 aliphatic carbocycles. The van der Waals surface area contributed by atoms with Crippen molar-refractivity contribution in [3.05, 3.63) is 73.0 Å². The van der Waals surface area contributed by atoms with E-state index in [0.717, 1.165) is 10.4 Å². The van der Waals surface area contributed by atoms with Crippen LogP contribution >= 0.6 is 0 Å². The molecule has 16 heteroatoms. The molecule has 0 radical (unpaired) electrons. The van der Waals surface area contributed by atoms with E-state index in [9.17, 15) is 26.4 Å². The second-order valence-electron chi connectivity index (χ2n) is 8.99. The van der Waals surface area contributed by atoms with Crippen molar-refractivity contribution in [3.8, 4) is 11.6 Å². The van der Waals surface area contributed by atoms with E-state index in [0.29, 0.717) is 6.20 Å². The van der Waals surface area contributed by atoms with Crippen LogP contribution in [0.1, 0.15) is 5.56 Å². The third kappa shape index (κ3) is 6.91. The van der Waals surface area contributed by atoms with Crippen LogP contribution in [0.4, 0.5) is 24.8 Å². The van der Waals surface area contributed by atoms with Crippen LogP contribution in [-0.2, 0) is 25.9 Å². The third-order valence-corrected chi connectivity index (χ3v) is 7.55. The van der Waals surface area contributed by atoms with Gasteiger partial charge in [-0.15, -0.1) is 0 Å². The molecular weight excluding hydrogens is 567 g/mol. The lowest BCUT2D eigenvalue weighted by molar-refractivity contribution is -0.139. The van der Waals surface area contributed by atoms with Gasteiger partial charge in [-0.05, 0) is 24.3 Å². The lowest BCUT2D eigenvalue weighted by Crippen LogP contribution is -2.64. The number of carbonyl (C=O) groups is 1. The summed E-state index contributed by atoms with van der Waals surface area (Å²) in [4.78, 5) is 21.4. The Kier molecular flexibility index (Phi) is 8.79. The van der Waals surface area contributed by atoms with Gasteiger partial charge in [0.15, 0.2) is 5.72 Å². The summed E-state index contributed by atoms with van der Waals surface area (Å²) in [5, 5.41) is 10.8. The van der Waals surface area contributed by atoms with Crippen LogP contribution in [0, 0.1) is 0 Å². The molecule has 4 rings (SSSR count).